The van der Waals surface area contributed by atoms with Crippen LogP contribution in [0.5, 0.6) is 0 Å². The summed E-state index contributed by atoms with van der Waals surface area (Å²) in [5.41, 5.74) is 2.78. The normalized spacial score (nSPS) is 10.5. The Hall–Kier alpha value is -1.08. The van der Waals surface area contributed by atoms with Crippen LogP contribution in [0.1, 0.15) is 23.8 Å². The molecule has 0 radical (unpaired) electrons. The molecule has 0 aliphatic rings. The van der Waals surface area contributed by atoms with Crippen molar-refractivity contribution in [2.75, 3.05) is 0 Å². The topological polar surface area (TPSA) is 0 Å². The predicted octanol–water partition coefficient (Wildman–Crippen LogP) is 4.68. The number of rotatable bonds is 3. The maximum atomic E-state index is 2.24. The van der Waals surface area contributed by atoms with E-state index in [0.717, 1.165) is 0 Å². The van der Waals surface area contributed by atoms with Crippen molar-refractivity contribution in [3.05, 3.63) is 46.8 Å². The Morgan fingerprint density at radius 3 is 2.27 bits per heavy atom. The van der Waals surface area contributed by atoms with Gasteiger partial charge in [0.05, 0.1) is 0 Å². The third-order valence-electron chi connectivity index (χ3n) is 2.52. The highest BCUT2D eigenvalue weighted by atomic mass is 32.1. The summed E-state index contributed by atoms with van der Waals surface area (Å²) in [5.74, 6) is 0. The fraction of sp³-hybridized carbons (Fsp3) is 0.286. The zero-order chi connectivity index (χ0) is 10.7. The lowest BCUT2D eigenvalue weighted by Gasteiger charge is -2.00. The first kappa shape index (κ1) is 10.4. The molecule has 2 rings (SSSR count). The summed E-state index contributed by atoms with van der Waals surface area (Å²) in [6.07, 6.45) is 2.40. The number of benzene rings is 1. The number of hydrogen-bond acceptors (Lipinski definition) is 1. The van der Waals surface area contributed by atoms with Crippen LogP contribution in [0.15, 0.2) is 36.4 Å². The molecule has 0 aliphatic carbocycles. The van der Waals surface area contributed by atoms with E-state index in [-0.39, 0.29) is 0 Å². The van der Waals surface area contributed by atoms with Gasteiger partial charge in [-0.3, -0.25) is 0 Å². The highest BCUT2D eigenvalue weighted by Crippen LogP contribution is 2.27. The van der Waals surface area contributed by atoms with E-state index in [1.54, 1.807) is 0 Å². The van der Waals surface area contributed by atoms with Gasteiger partial charge >= 0.3 is 0 Å². The van der Waals surface area contributed by atoms with Crippen molar-refractivity contribution in [3.63, 3.8) is 0 Å². The summed E-state index contributed by atoms with van der Waals surface area (Å²) in [6.45, 7) is 4.37. The first-order chi connectivity index (χ1) is 7.29. The van der Waals surface area contributed by atoms with Crippen LogP contribution in [0.25, 0.3) is 10.4 Å². The van der Waals surface area contributed by atoms with Gasteiger partial charge in [0.25, 0.3) is 0 Å². The molecule has 1 heteroatoms. The average molecular weight is 216 g/mol. The molecule has 0 aliphatic heterocycles. The van der Waals surface area contributed by atoms with E-state index in [2.05, 4.69) is 50.2 Å². The molecule has 0 unspecified atom stereocenters. The van der Waals surface area contributed by atoms with Crippen LogP contribution >= 0.6 is 11.3 Å². The van der Waals surface area contributed by atoms with E-state index in [4.69, 9.17) is 0 Å². The van der Waals surface area contributed by atoms with Crippen LogP contribution in [0.2, 0.25) is 0 Å². The Balaban J connectivity index is 2.23. The standard InChI is InChI=1S/C14H16S/c1-3-4-12-6-8-13(9-7-12)14-10-5-11(2)15-14/h5-10H,3-4H2,1-2H3. The second-order valence-corrected chi connectivity index (χ2v) is 5.15. The second kappa shape index (κ2) is 4.63. The molecule has 78 valence electrons. The number of hydrogen-bond donors (Lipinski definition) is 0. The van der Waals surface area contributed by atoms with Gasteiger partial charge in [-0.05, 0) is 36.6 Å². The second-order valence-electron chi connectivity index (χ2n) is 3.86. The Labute approximate surface area is 95.6 Å². The van der Waals surface area contributed by atoms with Crippen molar-refractivity contribution in [3.8, 4) is 10.4 Å². The first-order valence-corrected chi connectivity index (χ1v) is 6.27. The fourth-order valence-electron chi connectivity index (χ4n) is 1.71. The van der Waals surface area contributed by atoms with Crippen LogP contribution in [-0.2, 0) is 6.42 Å². The SMILES string of the molecule is CCCc1ccc(-c2ccc(C)s2)cc1. The Morgan fingerprint density at radius 2 is 1.73 bits per heavy atom. The van der Waals surface area contributed by atoms with E-state index in [1.807, 2.05) is 11.3 Å². The Morgan fingerprint density at radius 1 is 1.00 bits per heavy atom. The van der Waals surface area contributed by atoms with Crippen molar-refractivity contribution >= 4 is 11.3 Å². The summed E-state index contributed by atoms with van der Waals surface area (Å²) in [5, 5.41) is 0. The fourth-order valence-corrected chi connectivity index (χ4v) is 2.59. The summed E-state index contributed by atoms with van der Waals surface area (Å²) in [4.78, 5) is 2.75. The van der Waals surface area contributed by atoms with Gasteiger partial charge in [-0.25, -0.2) is 0 Å². The zero-order valence-corrected chi connectivity index (χ0v) is 10.1. The van der Waals surface area contributed by atoms with Crippen molar-refractivity contribution in [2.24, 2.45) is 0 Å². The monoisotopic (exact) mass is 216 g/mol. The first-order valence-electron chi connectivity index (χ1n) is 5.45. The summed E-state index contributed by atoms with van der Waals surface area (Å²) in [7, 11) is 0. The van der Waals surface area contributed by atoms with Crippen molar-refractivity contribution in [1.29, 1.82) is 0 Å². The third-order valence-corrected chi connectivity index (χ3v) is 3.57. The zero-order valence-electron chi connectivity index (χ0n) is 9.29. The average Bonchev–Trinajstić information content (AvgIpc) is 2.67. The lowest BCUT2D eigenvalue weighted by atomic mass is 10.1. The van der Waals surface area contributed by atoms with E-state index in [9.17, 15) is 0 Å². The van der Waals surface area contributed by atoms with Crippen LogP contribution in [-0.4, -0.2) is 0 Å². The lowest BCUT2D eigenvalue weighted by Crippen LogP contribution is -1.81. The van der Waals surface area contributed by atoms with Gasteiger partial charge in [0.1, 0.15) is 0 Å². The number of aryl methyl sites for hydroxylation is 2. The molecule has 0 nitrogen and oxygen atoms in total. The van der Waals surface area contributed by atoms with Crippen molar-refractivity contribution in [1.82, 2.24) is 0 Å². The van der Waals surface area contributed by atoms with Crippen LogP contribution in [0.4, 0.5) is 0 Å². The Kier molecular flexibility index (Phi) is 3.22. The smallest absolute Gasteiger partial charge is 0.0345 e. The molecular formula is C14H16S. The van der Waals surface area contributed by atoms with Gasteiger partial charge in [-0.15, -0.1) is 11.3 Å². The van der Waals surface area contributed by atoms with Gasteiger partial charge in [0.2, 0.25) is 0 Å². The van der Waals surface area contributed by atoms with Gasteiger partial charge in [0, 0.05) is 9.75 Å². The molecule has 0 amide bonds. The molecule has 0 N–H and O–H groups in total. The summed E-state index contributed by atoms with van der Waals surface area (Å²) >= 11 is 1.86. The molecule has 1 aromatic heterocycles. The maximum Gasteiger partial charge on any atom is 0.0345 e. The van der Waals surface area contributed by atoms with Crippen LogP contribution in [0, 0.1) is 6.92 Å². The van der Waals surface area contributed by atoms with Crippen molar-refractivity contribution < 1.29 is 0 Å². The highest BCUT2D eigenvalue weighted by molar-refractivity contribution is 7.15. The maximum absolute atomic E-state index is 2.24. The van der Waals surface area contributed by atoms with E-state index in [0.29, 0.717) is 0 Å². The van der Waals surface area contributed by atoms with Crippen LogP contribution in [0.3, 0.4) is 0 Å². The molecule has 2 aromatic rings. The molecule has 0 saturated heterocycles. The van der Waals surface area contributed by atoms with Gasteiger partial charge < -0.3 is 0 Å². The highest BCUT2D eigenvalue weighted by Gasteiger charge is 2.00. The molecule has 0 saturated carbocycles. The molecule has 0 spiro atoms. The third kappa shape index (κ3) is 2.48. The van der Waals surface area contributed by atoms with E-state index >= 15 is 0 Å². The minimum absolute atomic E-state index is 1.18. The summed E-state index contributed by atoms with van der Waals surface area (Å²) < 4.78 is 0. The molecule has 1 aromatic carbocycles. The lowest BCUT2D eigenvalue weighted by molar-refractivity contribution is 0.922. The van der Waals surface area contributed by atoms with Gasteiger partial charge in [-0.1, -0.05) is 37.6 Å². The molecule has 0 fully saturated rings. The van der Waals surface area contributed by atoms with E-state index in [1.165, 1.54) is 33.7 Å². The van der Waals surface area contributed by atoms with E-state index < -0.39 is 0 Å². The molecule has 15 heavy (non-hydrogen) atoms. The molecule has 1 heterocycles. The largest absolute Gasteiger partial charge is 0.141 e. The predicted molar refractivity (Wildman–Crippen MR) is 68.5 cm³/mol. The Bertz CT molecular complexity index is 423. The van der Waals surface area contributed by atoms with Crippen molar-refractivity contribution in [2.45, 2.75) is 26.7 Å². The molecule has 0 atom stereocenters. The molecular weight excluding hydrogens is 200 g/mol. The van der Waals surface area contributed by atoms with Crippen LogP contribution < -0.4 is 0 Å². The minimum Gasteiger partial charge on any atom is -0.141 e. The molecule has 0 bridgehead atoms. The minimum atomic E-state index is 1.18. The van der Waals surface area contributed by atoms with Gasteiger partial charge in [0.15, 0.2) is 0 Å². The quantitative estimate of drug-likeness (QED) is 0.699. The number of thiophene rings is 1. The van der Waals surface area contributed by atoms with Gasteiger partial charge in [-0.2, -0.15) is 0 Å². The summed E-state index contributed by atoms with van der Waals surface area (Å²) in [6, 6.07) is 13.3.